The van der Waals surface area contributed by atoms with E-state index in [0.717, 1.165) is 0 Å². The van der Waals surface area contributed by atoms with Crippen molar-refractivity contribution < 1.29 is 19.1 Å². The van der Waals surface area contributed by atoms with Crippen LogP contribution >= 0.6 is 22.9 Å². The molecule has 0 unspecified atom stereocenters. The number of rotatable bonds is 6. The van der Waals surface area contributed by atoms with E-state index >= 15 is 0 Å². The molecule has 3 rings (SSSR count). The molecule has 2 aromatic carbocycles. The molecule has 1 aromatic heterocycles. The van der Waals surface area contributed by atoms with Crippen molar-refractivity contribution in [3.8, 4) is 0 Å². The van der Waals surface area contributed by atoms with Crippen LogP contribution < -0.4 is 10.6 Å². The van der Waals surface area contributed by atoms with Gasteiger partial charge in [-0.05, 0) is 60.0 Å². The van der Waals surface area contributed by atoms with Gasteiger partial charge in [-0.15, -0.1) is 11.3 Å². The number of carbonyl (C=O) groups is 3. The Morgan fingerprint density at radius 3 is 2.18 bits per heavy atom. The summed E-state index contributed by atoms with van der Waals surface area (Å²) < 4.78 is 5.00. The summed E-state index contributed by atoms with van der Waals surface area (Å²) in [5.41, 5.74) is 1.38. The van der Waals surface area contributed by atoms with Crippen LogP contribution in [0.15, 0.2) is 66.0 Å². The SMILES string of the molecule is O=C(COC(=O)c1ccc(NC(=O)c2cccs2)cc1)Nc1ccc(Cl)cc1. The van der Waals surface area contributed by atoms with E-state index in [2.05, 4.69) is 10.6 Å². The fraction of sp³-hybridized carbons (Fsp3) is 0.0500. The Kier molecular flexibility index (Phi) is 6.41. The standard InChI is InChI=1S/C20H15ClN2O4S/c21-14-5-9-15(10-6-14)22-18(24)12-27-20(26)13-3-7-16(8-4-13)23-19(25)17-2-1-11-28-17/h1-11H,12H2,(H,22,24)(H,23,25). The Bertz CT molecular complexity index is 970. The molecule has 0 aliphatic heterocycles. The van der Waals surface area contributed by atoms with E-state index in [9.17, 15) is 14.4 Å². The Balaban J connectivity index is 1.49. The zero-order valence-electron chi connectivity index (χ0n) is 14.5. The molecule has 28 heavy (non-hydrogen) atoms. The third kappa shape index (κ3) is 5.42. The maximum Gasteiger partial charge on any atom is 0.338 e. The van der Waals surface area contributed by atoms with Crippen molar-refractivity contribution in [2.24, 2.45) is 0 Å². The number of ether oxygens (including phenoxy) is 1. The van der Waals surface area contributed by atoms with Crippen molar-refractivity contribution in [1.82, 2.24) is 0 Å². The summed E-state index contributed by atoms with van der Waals surface area (Å²) in [6.45, 7) is -0.418. The molecule has 2 N–H and O–H groups in total. The smallest absolute Gasteiger partial charge is 0.338 e. The predicted octanol–water partition coefficient (Wildman–Crippen LogP) is 4.45. The van der Waals surface area contributed by atoms with Crippen LogP contribution in [0.4, 0.5) is 11.4 Å². The third-order valence-corrected chi connectivity index (χ3v) is 4.71. The van der Waals surface area contributed by atoms with E-state index in [1.165, 1.54) is 23.5 Å². The Morgan fingerprint density at radius 1 is 0.893 bits per heavy atom. The summed E-state index contributed by atoms with van der Waals surface area (Å²) in [6.07, 6.45) is 0. The van der Waals surface area contributed by atoms with Gasteiger partial charge < -0.3 is 15.4 Å². The van der Waals surface area contributed by atoms with Crippen molar-refractivity contribution in [3.63, 3.8) is 0 Å². The lowest BCUT2D eigenvalue weighted by molar-refractivity contribution is -0.119. The summed E-state index contributed by atoms with van der Waals surface area (Å²) in [5, 5.41) is 7.71. The fourth-order valence-electron chi connectivity index (χ4n) is 2.23. The van der Waals surface area contributed by atoms with Gasteiger partial charge >= 0.3 is 5.97 Å². The van der Waals surface area contributed by atoms with Gasteiger partial charge in [0.05, 0.1) is 10.4 Å². The Labute approximate surface area is 170 Å². The minimum absolute atomic E-state index is 0.218. The van der Waals surface area contributed by atoms with Gasteiger partial charge in [0.15, 0.2) is 6.61 Å². The molecule has 2 amide bonds. The summed E-state index contributed by atoms with van der Waals surface area (Å²) >= 11 is 7.12. The lowest BCUT2D eigenvalue weighted by atomic mass is 10.2. The molecule has 0 aliphatic carbocycles. The molecule has 0 radical (unpaired) electrons. The highest BCUT2D eigenvalue weighted by molar-refractivity contribution is 7.12. The second-order valence-electron chi connectivity index (χ2n) is 5.64. The number of hydrogen-bond acceptors (Lipinski definition) is 5. The highest BCUT2D eigenvalue weighted by Gasteiger charge is 2.12. The summed E-state index contributed by atoms with van der Waals surface area (Å²) in [4.78, 5) is 36.5. The predicted molar refractivity (Wildman–Crippen MR) is 109 cm³/mol. The quantitative estimate of drug-likeness (QED) is 0.583. The van der Waals surface area contributed by atoms with E-state index in [-0.39, 0.29) is 11.5 Å². The first kappa shape index (κ1) is 19.6. The third-order valence-electron chi connectivity index (χ3n) is 3.59. The van der Waals surface area contributed by atoms with Gasteiger partial charge in [0.2, 0.25) is 0 Å². The van der Waals surface area contributed by atoms with Gasteiger partial charge in [-0.2, -0.15) is 0 Å². The molecule has 0 fully saturated rings. The van der Waals surface area contributed by atoms with Gasteiger partial charge in [0.25, 0.3) is 11.8 Å². The summed E-state index contributed by atoms with van der Waals surface area (Å²) in [5.74, 6) is -1.32. The highest BCUT2D eigenvalue weighted by atomic mass is 35.5. The minimum Gasteiger partial charge on any atom is -0.452 e. The van der Waals surface area contributed by atoms with E-state index in [1.54, 1.807) is 48.5 Å². The number of carbonyl (C=O) groups excluding carboxylic acids is 3. The monoisotopic (exact) mass is 414 g/mol. The number of amides is 2. The van der Waals surface area contributed by atoms with E-state index in [0.29, 0.717) is 21.3 Å². The molecule has 0 aliphatic rings. The van der Waals surface area contributed by atoms with Crippen LogP contribution in [-0.2, 0) is 9.53 Å². The number of anilines is 2. The zero-order valence-corrected chi connectivity index (χ0v) is 16.0. The van der Waals surface area contributed by atoms with Gasteiger partial charge in [0, 0.05) is 16.4 Å². The number of hydrogen-bond donors (Lipinski definition) is 2. The zero-order chi connectivity index (χ0) is 19.9. The first-order valence-corrected chi connectivity index (χ1v) is 9.44. The van der Waals surface area contributed by atoms with Gasteiger partial charge in [-0.1, -0.05) is 17.7 Å². The molecule has 8 heteroatoms. The number of benzene rings is 2. The van der Waals surface area contributed by atoms with Crippen LogP contribution in [0.3, 0.4) is 0 Å². The first-order valence-electron chi connectivity index (χ1n) is 8.19. The van der Waals surface area contributed by atoms with Crippen LogP contribution in [-0.4, -0.2) is 24.4 Å². The normalized spacial score (nSPS) is 10.2. The summed E-state index contributed by atoms with van der Waals surface area (Å²) in [7, 11) is 0. The van der Waals surface area contributed by atoms with Crippen molar-refractivity contribution >= 4 is 52.1 Å². The van der Waals surface area contributed by atoms with Crippen molar-refractivity contribution in [2.45, 2.75) is 0 Å². The number of nitrogens with one attached hydrogen (secondary N) is 2. The maximum atomic E-state index is 12.1. The lowest BCUT2D eigenvalue weighted by Gasteiger charge is -2.08. The number of thiophene rings is 1. The van der Waals surface area contributed by atoms with Crippen LogP contribution in [0, 0.1) is 0 Å². The van der Waals surface area contributed by atoms with Crippen LogP contribution in [0.5, 0.6) is 0 Å². The van der Waals surface area contributed by atoms with Crippen LogP contribution in [0.1, 0.15) is 20.0 Å². The van der Waals surface area contributed by atoms with Crippen molar-refractivity contribution in [2.75, 3.05) is 17.2 Å². The second-order valence-corrected chi connectivity index (χ2v) is 7.02. The molecule has 1 heterocycles. The Morgan fingerprint density at radius 2 is 1.54 bits per heavy atom. The average molecular weight is 415 g/mol. The molecule has 142 valence electrons. The number of esters is 1. The van der Waals surface area contributed by atoms with Crippen LogP contribution in [0.2, 0.25) is 5.02 Å². The van der Waals surface area contributed by atoms with Gasteiger partial charge in [0.1, 0.15) is 0 Å². The minimum atomic E-state index is -0.637. The molecule has 0 saturated heterocycles. The average Bonchev–Trinajstić information content (AvgIpc) is 3.23. The van der Waals surface area contributed by atoms with Gasteiger partial charge in [-0.25, -0.2) is 4.79 Å². The molecule has 0 atom stereocenters. The van der Waals surface area contributed by atoms with Crippen LogP contribution in [0.25, 0.3) is 0 Å². The van der Waals surface area contributed by atoms with Gasteiger partial charge in [-0.3, -0.25) is 9.59 Å². The molecule has 0 spiro atoms. The molecule has 0 saturated carbocycles. The van der Waals surface area contributed by atoms with E-state index < -0.39 is 18.5 Å². The van der Waals surface area contributed by atoms with Crippen molar-refractivity contribution in [1.29, 1.82) is 0 Å². The second kappa shape index (κ2) is 9.16. The Hall–Kier alpha value is -3.16. The largest absolute Gasteiger partial charge is 0.452 e. The molecule has 0 bridgehead atoms. The molecular weight excluding hydrogens is 400 g/mol. The van der Waals surface area contributed by atoms with E-state index in [1.807, 2.05) is 5.38 Å². The molecule has 6 nitrogen and oxygen atoms in total. The first-order chi connectivity index (χ1) is 13.5. The fourth-order valence-corrected chi connectivity index (χ4v) is 2.98. The lowest BCUT2D eigenvalue weighted by Crippen LogP contribution is -2.20. The topological polar surface area (TPSA) is 84.5 Å². The van der Waals surface area contributed by atoms with Crippen molar-refractivity contribution in [3.05, 3.63) is 81.5 Å². The van der Waals surface area contributed by atoms with E-state index in [4.69, 9.17) is 16.3 Å². The maximum absolute atomic E-state index is 12.1. The summed E-state index contributed by atoms with van der Waals surface area (Å²) in [6, 6.07) is 16.3. The highest BCUT2D eigenvalue weighted by Crippen LogP contribution is 2.15. The molecule has 3 aromatic rings. The number of halogens is 1. The molecular formula is C20H15ClN2O4S.